The summed E-state index contributed by atoms with van der Waals surface area (Å²) in [7, 11) is -2.23. The lowest BCUT2D eigenvalue weighted by Gasteiger charge is -1.91. The summed E-state index contributed by atoms with van der Waals surface area (Å²) < 4.78 is 23.0. The minimum Gasteiger partial charge on any atom is -0.330 e. The van der Waals surface area contributed by atoms with E-state index in [2.05, 4.69) is 4.36 Å². The second-order valence-corrected chi connectivity index (χ2v) is 2.61. The summed E-state index contributed by atoms with van der Waals surface area (Å²) in [5.41, 5.74) is 5.22. The van der Waals surface area contributed by atoms with E-state index in [1.54, 1.807) is 0 Å². The molecule has 0 aliphatic rings. The monoisotopic (exact) mass is 164 g/mol. The molecule has 2 N–H and O–H groups in total. The Labute approximate surface area is 62.1 Å². The number of unbranched alkanes of at least 4 members (excludes halogenated alkanes) is 2. The molecule has 4 nitrogen and oxygen atoms in total. The molecule has 0 aliphatic carbocycles. The Hall–Kier alpha value is -0.420. The van der Waals surface area contributed by atoms with Gasteiger partial charge in [-0.3, -0.25) is 0 Å². The van der Waals surface area contributed by atoms with E-state index >= 15 is 0 Å². The first-order valence-electron chi connectivity index (χ1n) is 3.24. The molecule has 10 heavy (non-hydrogen) atoms. The van der Waals surface area contributed by atoms with Gasteiger partial charge in [0.1, 0.15) is 0 Å². The average molecular weight is 164 g/mol. The van der Waals surface area contributed by atoms with Crippen molar-refractivity contribution in [2.75, 3.05) is 13.1 Å². The fraction of sp³-hybridized carbons (Fsp3) is 1.00. The van der Waals surface area contributed by atoms with Crippen molar-refractivity contribution >= 4 is 10.5 Å². The van der Waals surface area contributed by atoms with E-state index in [4.69, 9.17) is 5.73 Å². The molecule has 0 radical (unpaired) electrons. The maximum Gasteiger partial charge on any atom is 0.311 e. The molecule has 0 unspecified atom stereocenters. The van der Waals surface area contributed by atoms with E-state index in [1.807, 2.05) is 0 Å². The number of hydrogen-bond donors (Lipinski definition) is 1. The molecule has 60 valence electrons. The van der Waals surface area contributed by atoms with Crippen molar-refractivity contribution < 1.29 is 8.42 Å². The topological polar surface area (TPSA) is 72.5 Å². The third-order valence-electron chi connectivity index (χ3n) is 1.06. The van der Waals surface area contributed by atoms with Crippen LogP contribution in [0, 0.1) is 0 Å². The van der Waals surface area contributed by atoms with E-state index in [9.17, 15) is 8.42 Å². The summed E-state index contributed by atoms with van der Waals surface area (Å²) >= 11 is 0. The SMILES string of the molecule is NCCCCCN=S(=O)=O. The minimum atomic E-state index is -2.23. The van der Waals surface area contributed by atoms with Crippen LogP contribution in [0.4, 0.5) is 0 Å². The van der Waals surface area contributed by atoms with Gasteiger partial charge in [0.15, 0.2) is 0 Å². The predicted octanol–water partition coefficient (Wildman–Crippen LogP) is 0.178. The lowest BCUT2D eigenvalue weighted by Crippen LogP contribution is -1.97. The van der Waals surface area contributed by atoms with Crippen LogP contribution in [0.5, 0.6) is 0 Å². The Bertz CT molecular complexity index is 178. The van der Waals surface area contributed by atoms with Crippen LogP contribution in [-0.4, -0.2) is 21.5 Å². The molecule has 0 bridgehead atoms. The van der Waals surface area contributed by atoms with Crippen molar-refractivity contribution in [1.82, 2.24) is 0 Å². The molecule has 0 aromatic heterocycles. The van der Waals surface area contributed by atoms with Crippen LogP contribution in [-0.2, 0) is 10.5 Å². The van der Waals surface area contributed by atoms with Gasteiger partial charge in [-0.2, -0.15) is 12.8 Å². The van der Waals surface area contributed by atoms with E-state index in [1.165, 1.54) is 0 Å². The summed E-state index contributed by atoms with van der Waals surface area (Å²) in [6, 6.07) is 0. The van der Waals surface area contributed by atoms with Gasteiger partial charge < -0.3 is 5.73 Å². The first-order chi connectivity index (χ1) is 4.77. The summed E-state index contributed by atoms with van der Waals surface area (Å²) in [6.45, 7) is 1.07. The molecule has 0 aromatic rings. The fourth-order valence-corrected chi connectivity index (χ4v) is 0.850. The van der Waals surface area contributed by atoms with E-state index in [0.717, 1.165) is 19.3 Å². The van der Waals surface area contributed by atoms with Crippen LogP contribution in [0.3, 0.4) is 0 Å². The van der Waals surface area contributed by atoms with Crippen molar-refractivity contribution in [1.29, 1.82) is 0 Å². The fourth-order valence-electron chi connectivity index (χ4n) is 0.572. The van der Waals surface area contributed by atoms with Crippen molar-refractivity contribution in [2.45, 2.75) is 19.3 Å². The lowest BCUT2D eigenvalue weighted by atomic mass is 10.2. The van der Waals surface area contributed by atoms with Crippen molar-refractivity contribution in [3.05, 3.63) is 0 Å². The first kappa shape index (κ1) is 9.58. The Morgan fingerprint density at radius 2 is 1.90 bits per heavy atom. The zero-order valence-corrected chi connectivity index (χ0v) is 6.60. The molecule has 0 fully saturated rings. The van der Waals surface area contributed by atoms with Gasteiger partial charge in [0.2, 0.25) is 0 Å². The van der Waals surface area contributed by atoms with Gasteiger partial charge in [-0.15, -0.1) is 0 Å². The van der Waals surface area contributed by atoms with Crippen molar-refractivity contribution in [2.24, 2.45) is 10.1 Å². The Morgan fingerprint density at radius 1 is 1.20 bits per heavy atom. The summed E-state index contributed by atoms with van der Waals surface area (Å²) in [5, 5.41) is 0. The largest absolute Gasteiger partial charge is 0.330 e. The zero-order chi connectivity index (χ0) is 7.82. The van der Waals surface area contributed by atoms with Crippen LogP contribution >= 0.6 is 0 Å². The maximum atomic E-state index is 9.84. The Kier molecular flexibility index (Phi) is 6.42. The number of hydrogen-bond acceptors (Lipinski definition) is 4. The molecule has 0 saturated heterocycles. The second kappa shape index (κ2) is 6.70. The molecule has 0 rings (SSSR count). The smallest absolute Gasteiger partial charge is 0.311 e. The first-order valence-corrected chi connectivity index (χ1v) is 4.27. The lowest BCUT2D eigenvalue weighted by molar-refractivity contribution is 0.617. The molecular formula is C5H12N2O2S. The van der Waals surface area contributed by atoms with Crippen LogP contribution in [0.25, 0.3) is 0 Å². The molecular weight excluding hydrogens is 152 g/mol. The molecule has 0 atom stereocenters. The van der Waals surface area contributed by atoms with Gasteiger partial charge in [0.25, 0.3) is 0 Å². The van der Waals surface area contributed by atoms with E-state index in [-0.39, 0.29) is 0 Å². The van der Waals surface area contributed by atoms with Crippen LogP contribution in [0.2, 0.25) is 0 Å². The number of nitrogens with zero attached hydrogens (tertiary/aromatic N) is 1. The van der Waals surface area contributed by atoms with Gasteiger partial charge in [-0.1, -0.05) is 6.42 Å². The normalized spacial score (nSPS) is 9.30. The van der Waals surface area contributed by atoms with E-state index in [0.29, 0.717) is 13.1 Å². The average Bonchev–Trinajstić information content (AvgIpc) is 1.87. The molecule has 5 heteroatoms. The number of rotatable bonds is 5. The zero-order valence-electron chi connectivity index (χ0n) is 5.78. The molecule has 0 aromatic carbocycles. The molecule has 0 aliphatic heterocycles. The van der Waals surface area contributed by atoms with Gasteiger partial charge in [-0.05, 0) is 19.4 Å². The highest BCUT2D eigenvalue weighted by molar-refractivity contribution is 7.61. The predicted molar refractivity (Wildman–Crippen MR) is 39.1 cm³/mol. The summed E-state index contributed by atoms with van der Waals surface area (Å²) in [4.78, 5) is 0. The van der Waals surface area contributed by atoms with E-state index < -0.39 is 10.5 Å². The maximum absolute atomic E-state index is 9.84. The molecule has 0 saturated carbocycles. The van der Waals surface area contributed by atoms with Crippen molar-refractivity contribution in [3.63, 3.8) is 0 Å². The van der Waals surface area contributed by atoms with Crippen LogP contribution in [0.1, 0.15) is 19.3 Å². The summed E-state index contributed by atoms with van der Waals surface area (Å²) in [5.74, 6) is 0. The molecule has 0 amide bonds. The highest BCUT2D eigenvalue weighted by atomic mass is 32.2. The Balaban J connectivity index is 3.14. The van der Waals surface area contributed by atoms with Gasteiger partial charge >= 0.3 is 10.5 Å². The quantitative estimate of drug-likeness (QED) is 0.589. The van der Waals surface area contributed by atoms with Gasteiger partial charge in [0.05, 0.1) is 6.54 Å². The number of nitrogens with two attached hydrogens (primary N) is 1. The highest BCUT2D eigenvalue weighted by Crippen LogP contribution is 1.92. The third kappa shape index (κ3) is 7.58. The van der Waals surface area contributed by atoms with Crippen molar-refractivity contribution in [3.8, 4) is 0 Å². The Morgan fingerprint density at radius 3 is 2.40 bits per heavy atom. The second-order valence-electron chi connectivity index (χ2n) is 1.92. The molecule has 0 heterocycles. The van der Waals surface area contributed by atoms with Gasteiger partial charge in [-0.25, -0.2) is 0 Å². The van der Waals surface area contributed by atoms with Gasteiger partial charge in [0, 0.05) is 0 Å². The molecule has 0 spiro atoms. The standard InChI is InChI=1S/C5H12N2O2S/c6-4-2-1-3-5-7-10(8)9/h1-6H2. The minimum absolute atomic E-state index is 0.399. The highest BCUT2D eigenvalue weighted by Gasteiger charge is 1.84. The van der Waals surface area contributed by atoms with Crippen LogP contribution < -0.4 is 5.73 Å². The van der Waals surface area contributed by atoms with Crippen LogP contribution in [0.15, 0.2) is 4.36 Å². The summed E-state index contributed by atoms with van der Waals surface area (Å²) in [6.07, 6.45) is 2.71. The third-order valence-corrected chi connectivity index (χ3v) is 1.45.